The van der Waals surface area contributed by atoms with E-state index < -0.39 is 0 Å². The topological polar surface area (TPSA) is 29.1 Å². The summed E-state index contributed by atoms with van der Waals surface area (Å²) in [5.74, 6) is 0.589. The molecule has 1 unspecified atom stereocenters. The fraction of sp³-hybridized carbons (Fsp3) is 0.409. The Morgan fingerprint density at radius 1 is 0.917 bits per heavy atom. The van der Waals surface area contributed by atoms with E-state index in [9.17, 15) is 4.79 Å². The Kier molecular flexibility index (Phi) is 8.09. The van der Waals surface area contributed by atoms with E-state index in [0.29, 0.717) is 18.9 Å². The summed E-state index contributed by atoms with van der Waals surface area (Å²) in [6, 6.07) is 20.6. The van der Waals surface area contributed by atoms with Crippen LogP contribution in [0.2, 0.25) is 0 Å². The largest absolute Gasteiger partial charge is 0.352 e. The summed E-state index contributed by atoms with van der Waals surface area (Å²) in [7, 11) is 0. The summed E-state index contributed by atoms with van der Waals surface area (Å²) in [5, 5.41) is 3.07. The zero-order chi connectivity index (χ0) is 17.0. The first kappa shape index (κ1) is 18.3. The van der Waals surface area contributed by atoms with Crippen molar-refractivity contribution < 1.29 is 4.79 Å². The Labute approximate surface area is 146 Å². The minimum Gasteiger partial charge on any atom is -0.352 e. The predicted octanol–water partition coefficient (Wildman–Crippen LogP) is 5.13. The maximum Gasteiger partial charge on any atom is 0.220 e. The summed E-state index contributed by atoms with van der Waals surface area (Å²) in [5.41, 5.74) is 2.48. The number of nitrogens with one attached hydrogen (secondary N) is 1. The highest BCUT2D eigenvalue weighted by Gasteiger charge is 2.14. The van der Waals surface area contributed by atoms with Crippen LogP contribution in [0.1, 0.15) is 50.2 Å². The highest BCUT2D eigenvalue weighted by molar-refractivity contribution is 5.76. The molecule has 2 rings (SSSR count). The quantitative estimate of drug-likeness (QED) is 0.603. The first-order chi connectivity index (χ1) is 11.8. The molecule has 0 radical (unpaired) electrons. The Morgan fingerprint density at radius 3 is 2.17 bits per heavy atom. The molecule has 2 nitrogen and oxygen atoms in total. The smallest absolute Gasteiger partial charge is 0.220 e. The van der Waals surface area contributed by atoms with Gasteiger partial charge in [0.25, 0.3) is 0 Å². The number of benzene rings is 2. The zero-order valence-corrected chi connectivity index (χ0v) is 14.7. The fourth-order valence-corrected chi connectivity index (χ4v) is 3.04. The second-order valence-corrected chi connectivity index (χ2v) is 6.52. The van der Waals surface area contributed by atoms with Gasteiger partial charge >= 0.3 is 0 Å². The van der Waals surface area contributed by atoms with Crippen molar-refractivity contribution >= 4 is 5.91 Å². The van der Waals surface area contributed by atoms with Crippen molar-refractivity contribution in [2.75, 3.05) is 0 Å². The summed E-state index contributed by atoms with van der Waals surface area (Å²) in [6.45, 7) is 2.84. The van der Waals surface area contributed by atoms with Crippen LogP contribution in [0.25, 0.3) is 0 Å². The van der Waals surface area contributed by atoms with Crippen LogP contribution in [0.4, 0.5) is 0 Å². The molecule has 0 aliphatic carbocycles. The third-order valence-electron chi connectivity index (χ3n) is 4.39. The van der Waals surface area contributed by atoms with Crippen molar-refractivity contribution in [1.82, 2.24) is 5.32 Å². The van der Waals surface area contributed by atoms with Crippen molar-refractivity contribution in [2.45, 2.75) is 52.0 Å². The lowest BCUT2D eigenvalue weighted by Gasteiger charge is -2.17. The highest BCUT2D eigenvalue weighted by atomic mass is 16.1. The van der Waals surface area contributed by atoms with E-state index >= 15 is 0 Å². The van der Waals surface area contributed by atoms with Gasteiger partial charge in [-0.15, -0.1) is 0 Å². The monoisotopic (exact) mass is 323 g/mol. The first-order valence-electron chi connectivity index (χ1n) is 9.12. The van der Waals surface area contributed by atoms with Gasteiger partial charge in [-0.25, -0.2) is 0 Å². The average molecular weight is 323 g/mol. The maximum absolute atomic E-state index is 12.3. The van der Waals surface area contributed by atoms with Gasteiger partial charge in [0.2, 0.25) is 5.91 Å². The molecule has 2 aromatic rings. The molecule has 0 saturated carbocycles. The zero-order valence-electron chi connectivity index (χ0n) is 14.7. The molecule has 0 aliphatic heterocycles. The van der Waals surface area contributed by atoms with Crippen LogP contribution in [0.5, 0.6) is 0 Å². The number of hydrogen-bond acceptors (Lipinski definition) is 1. The maximum atomic E-state index is 12.3. The van der Waals surface area contributed by atoms with Crippen molar-refractivity contribution in [3.8, 4) is 0 Å². The van der Waals surface area contributed by atoms with E-state index in [2.05, 4.69) is 36.5 Å². The van der Waals surface area contributed by atoms with Gasteiger partial charge in [-0.3, -0.25) is 4.79 Å². The van der Waals surface area contributed by atoms with Crippen LogP contribution in [-0.4, -0.2) is 5.91 Å². The molecule has 0 aromatic heterocycles. The molecule has 1 atom stereocenters. The number of rotatable bonds is 10. The minimum absolute atomic E-state index is 0.163. The van der Waals surface area contributed by atoms with Gasteiger partial charge in [0.15, 0.2) is 0 Å². The lowest BCUT2D eigenvalue weighted by molar-refractivity contribution is -0.122. The average Bonchev–Trinajstić information content (AvgIpc) is 2.62. The van der Waals surface area contributed by atoms with E-state index in [1.165, 1.54) is 24.8 Å². The summed E-state index contributed by atoms with van der Waals surface area (Å²) in [4.78, 5) is 12.3. The molecule has 0 spiro atoms. The van der Waals surface area contributed by atoms with Crippen LogP contribution in [0, 0.1) is 5.92 Å². The lowest BCUT2D eigenvalue weighted by Crippen LogP contribution is -2.25. The van der Waals surface area contributed by atoms with Crippen molar-refractivity contribution in [3.63, 3.8) is 0 Å². The van der Waals surface area contributed by atoms with Crippen molar-refractivity contribution in [1.29, 1.82) is 0 Å². The van der Waals surface area contributed by atoms with Gasteiger partial charge in [-0.05, 0) is 29.9 Å². The molecule has 1 N–H and O–H groups in total. The number of hydrogen-bond donors (Lipinski definition) is 1. The SMILES string of the molecule is CCCCCC(CC(=O)NCc1ccccc1)Cc1ccccc1. The molecule has 128 valence electrons. The van der Waals surface area contributed by atoms with Gasteiger partial charge in [0.05, 0.1) is 0 Å². The van der Waals surface area contributed by atoms with E-state index in [0.717, 1.165) is 18.4 Å². The molecule has 1 amide bonds. The van der Waals surface area contributed by atoms with E-state index in [1.54, 1.807) is 0 Å². The second-order valence-electron chi connectivity index (χ2n) is 6.52. The standard InChI is InChI=1S/C22H29NO/c1-2-3-6-15-21(16-19-11-7-4-8-12-19)17-22(24)23-18-20-13-9-5-10-14-20/h4-5,7-14,21H,2-3,6,15-18H2,1H3,(H,23,24). The molecule has 0 bridgehead atoms. The predicted molar refractivity (Wildman–Crippen MR) is 101 cm³/mol. The van der Waals surface area contributed by atoms with Crippen molar-refractivity contribution in [2.24, 2.45) is 5.92 Å². The van der Waals surface area contributed by atoms with Crippen molar-refractivity contribution in [3.05, 3.63) is 71.8 Å². The molecular formula is C22H29NO. The van der Waals surface area contributed by atoms with Crippen LogP contribution in [0.15, 0.2) is 60.7 Å². The first-order valence-corrected chi connectivity index (χ1v) is 9.12. The second kappa shape index (κ2) is 10.6. The molecule has 2 aromatic carbocycles. The third kappa shape index (κ3) is 6.99. The molecule has 24 heavy (non-hydrogen) atoms. The normalized spacial score (nSPS) is 11.9. The Balaban J connectivity index is 1.84. The lowest BCUT2D eigenvalue weighted by atomic mass is 9.90. The van der Waals surface area contributed by atoms with Gasteiger partial charge < -0.3 is 5.32 Å². The third-order valence-corrected chi connectivity index (χ3v) is 4.39. The van der Waals surface area contributed by atoms with E-state index in [-0.39, 0.29) is 5.91 Å². The Hall–Kier alpha value is -2.09. The van der Waals surface area contributed by atoms with Crippen LogP contribution in [-0.2, 0) is 17.8 Å². The van der Waals surface area contributed by atoms with Gasteiger partial charge in [-0.2, -0.15) is 0 Å². The number of amides is 1. The van der Waals surface area contributed by atoms with Gasteiger partial charge in [0, 0.05) is 13.0 Å². The van der Waals surface area contributed by atoms with Gasteiger partial charge in [-0.1, -0.05) is 86.8 Å². The van der Waals surface area contributed by atoms with Crippen LogP contribution in [0.3, 0.4) is 0 Å². The molecule has 0 aliphatic rings. The van der Waals surface area contributed by atoms with E-state index in [4.69, 9.17) is 0 Å². The summed E-state index contributed by atoms with van der Waals surface area (Å²) in [6.07, 6.45) is 6.41. The van der Waals surface area contributed by atoms with Crippen LogP contribution >= 0.6 is 0 Å². The van der Waals surface area contributed by atoms with Crippen LogP contribution < -0.4 is 5.32 Å². The molecule has 0 saturated heterocycles. The molecule has 0 heterocycles. The Morgan fingerprint density at radius 2 is 1.54 bits per heavy atom. The van der Waals surface area contributed by atoms with Gasteiger partial charge in [0.1, 0.15) is 0 Å². The number of carbonyl (C=O) groups is 1. The summed E-state index contributed by atoms with van der Waals surface area (Å²) >= 11 is 0. The Bertz CT molecular complexity index is 579. The van der Waals surface area contributed by atoms with E-state index in [1.807, 2.05) is 36.4 Å². The molecule has 2 heteroatoms. The highest BCUT2D eigenvalue weighted by Crippen LogP contribution is 2.19. The molecule has 0 fully saturated rings. The number of carbonyl (C=O) groups excluding carboxylic acids is 1. The molecular weight excluding hydrogens is 294 g/mol. The summed E-state index contributed by atoms with van der Waals surface area (Å²) < 4.78 is 0. The number of unbranched alkanes of at least 4 members (excludes halogenated alkanes) is 2. The minimum atomic E-state index is 0.163. The fourth-order valence-electron chi connectivity index (χ4n) is 3.04.